The summed E-state index contributed by atoms with van der Waals surface area (Å²) in [6.45, 7) is 3.41. The molecule has 2 amide bonds. The number of amides is 2. The van der Waals surface area contributed by atoms with Crippen LogP contribution in [0.3, 0.4) is 0 Å². The molecule has 0 bridgehead atoms. The van der Waals surface area contributed by atoms with Crippen LogP contribution in [0.25, 0.3) is 0 Å². The molecular weight excluding hydrogens is 332 g/mol. The van der Waals surface area contributed by atoms with Crippen LogP contribution in [-0.4, -0.2) is 11.8 Å². The second kappa shape index (κ2) is 6.54. The molecule has 0 radical (unpaired) electrons. The summed E-state index contributed by atoms with van der Waals surface area (Å²) < 4.78 is 0.899. The number of benzene rings is 2. The van der Waals surface area contributed by atoms with Crippen LogP contribution in [0.1, 0.15) is 22.8 Å². The molecule has 21 heavy (non-hydrogen) atoms. The summed E-state index contributed by atoms with van der Waals surface area (Å²) in [7, 11) is 0. The zero-order valence-electron chi connectivity index (χ0n) is 11.7. The quantitative estimate of drug-likeness (QED) is 0.883. The first-order valence-electron chi connectivity index (χ1n) is 6.41. The average molecular weight is 347 g/mol. The van der Waals surface area contributed by atoms with Crippen molar-refractivity contribution >= 4 is 39.1 Å². The summed E-state index contributed by atoms with van der Waals surface area (Å²) in [4.78, 5) is 23.1. The standard InChI is InChI=1S/C16H15BrN2O2/c1-10-3-4-12(9-15(10)17)16(21)19-14-7-5-13(6-8-14)18-11(2)20/h3-9H,1-2H3,(H,18,20)(H,19,21). The highest BCUT2D eigenvalue weighted by Gasteiger charge is 2.07. The number of anilines is 2. The van der Waals surface area contributed by atoms with Crippen molar-refractivity contribution in [1.82, 2.24) is 0 Å². The Balaban J connectivity index is 2.08. The van der Waals surface area contributed by atoms with Gasteiger partial charge < -0.3 is 10.6 Å². The summed E-state index contributed by atoms with van der Waals surface area (Å²) in [5.41, 5.74) is 3.02. The van der Waals surface area contributed by atoms with Gasteiger partial charge in [-0.25, -0.2) is 0 Å². The van der Waals surface area contributed by atoms with Crippen molar-refractivity contribution in [2.45, 2.75) is 13.8 Å². The molecule has 5 heteroatoms. The minimum absolute atomic E-state index is 0.128. The van der Waals surface area contributed by atoms with Gasteiger partial charge in [-0.3, -0.25) is 9.59 Å². The highest BCUT2D eigenvalue weighted by Crippen LogP contribution is 2.19. The topological polar surface area (TPSA) is 58.2 Å². The first-order chi connectivity index (χ1) is 9.95. The van der Waals surface area contributed by atoms with Crippen molar-refractivity contribution in [2.75, 3.05) is 10.6 Å². The van der Waals surface area contributed by atoms with Crippen LogP contribution in [0.2, 0.25) is 0 Å². The van der Waals surface area contributed by atoms with Gasteiger partial charge in [0.25, 0.3) is 5.91 Å². The number of carbonyl (C=O) groups excluding carboxylic acids is 2. The lowest BCUT2D eigenvalue weighted by molar-refractivity contribution is -0.114. The maximum atomic E-state index is 12.1. The van der Waals surface area contributed by atoms with Gasteiger partial charge >= 0.3 is 0 Å². The second-order valence-corrected chi connectivity index (χ2v) is 5.53. The molecule has 0 aliphatic rings. The minimum Gasteiger partial charge on any atom is -0.326 e. The van der Waals surface area contributed by atoms with Gasteiger partial charge in [-0.2, -0.15) is 0 Å². The van der Waals surface area contributed by atoms with Crippen molar-refractivity contribution in [3.63, 3.8) is 0 Å². The Morgan fingerprint density at radius 1 is 0.952 bits per heavy atom. The van der Waals surface area contributed by atoms with Crippen LogP contribution in [0.15, 0.2) is 46.9 Å². The number of nitrogens with one attached hydrogen (secondary N) is 2. The van der Waals surface area contributed by atoms with Crippen LogP contribution < -0.4 is 10.6 Å². The van der Waals surface area contributed by atoms with E-state index >= 15 is 0 Å². The van der Waals surface area contributed by atoms with E-state index in [1.807, 2.05) is 13.0 Å². The number of hydrogen-bond acceptors (Lipinski definition) is 2. The molecule has 0 atom stereocenters. The van der Waals surface area contributed by atoms with Gasteiger partial charge in [0.05, 0.1) is 0 Å². The summed E-state index contributed by atoms with van der Waals surface area (Å²) in [6.07, 6.45) is 0. The van der Waals surface area contributed by atoms with Gasteiger partial charge in [0.2, 0.25) is 5.91 Å². The molecule has 0 aliphatic carbocycles. The van der Waals surface area contributed by atoms with Crippen molar-refractivity contribution < 1.29 is 9.59 Å². The second-order valence-electron chi connectivity index (χ2n) is 4.68. The van der Waals surface area contributed by atoms with Crippen LogP contribution in [-0.2, 0) is 4.79 Å². The molecular formula is C16H15BrN2O2. The Kier molecular flexibility index (Phi) is 4.75. The normalized spacial score (nSPS) is 10.0. The van der Waals surface area contributed by atoms with E-state index in [0.29, 0.717) is 16.9 Å². The van der Waals surface area contributed by atoms with Crippen LogP contribution in [0.5, 0.6) is 0 Å². The lowest BCUT2D eigenvalue weighted by Gasteiger charge is -2.08. The molecule has 108 valence electrons. The van der Waals surface area contributed by atoms with E-state index in [-0.39, 0.29) is 11.8 Å². The highest BCUT2D eigenvalue weighted by atomic mass is 79.9. The predicted molar refractivity (Wildman–Crippen MR) is 87.6 cm³/mol. The van der Waals surface area contributed by atoms with Gasteiger partial charge in [-0.1, -0.05) is 22.0 Å². The monoisotopic (exact) mass is 346 g/mol. The molecule has 2 N–H and O–H groups in total. The van der Waals surface area contributed by atoms with E-state index in [1.54, 1.807) is 36.4 Å². The molecule has 0 heterocycles. The number of hydrogen-bond donors (Lipinski definition) is 2. The summed E-state index contributed by atoms with van der Waals surface area (Å²) in [5, 5.41) is 5.49. The molecule has 0 saturated heterocycles. The van der Waals surface area contributed by atoms with E-state index in [1.165, 1.54) is 6.92 Å². The first kappa shape index (κ1) is 15.3. The summed E-state index contributed by atoms with van der Waals surface area (Å²) in [5.74, 6) is -0.306. The summed E-state index contributed by atoms with van der Waals surface area (Å²) >= 11 is 3.41. The first-order valence-corrected chi connectivity index (χ1v) is 7.20. The van der Waals surface area contributed by atoms with Crippen LogP contribution >= 0.6 is 15.9 Å². The molecule has 0 saturated carbocycles. The predicted octanol–water partition coefficient (Wildman–Crippen LogP) is 3.97. The minimum atomic E-state index is -0.178. The SMILES string of the molecule is CC(=O)Nc1ccc(NC(=O)c2ccc(C)c(Br)c2)cc1. The van der Waals surface area contributed by atoms with Gasteiger partial charge in [-0.15, -0.1) is 0 Å². The van der Waals surface area contributed by atoms with Crippen LogP contribution in [0.4, 0.5) is 11.4 Å². The maximum absolute atomic E-state index is 12.1. The third-order valence-electron chi connectivity index (χ3n) is 2.90. The number of aryl methyl sites for hydroxylation is 1. The fraction of sp³-hybridized carbons (Fsp3) is 0.125. The van der Waals surface area contributed by atoms with Gasteiger partial charge in [0, 0.05) is 28.3 Å². The lowest BCUT2D eigenvalue weighted by Crippen LogP contribution is -2.12. The van der Waals surface area contributed by atoms with Gasteiger partial charge in [0.1, 0.15) is 0 Å². The van der Waals surface area contributed by atoms with Crippen LogP contribution in [0, 0.1) is 6.92 Å². The molecule has 4 nitrogen and oxygen atoms in total. The van der Waals surface area contributed by atoms with E-state index in [0.717, 1.165) is 10.0 Å². The van der Waals surface area contributed by atoms with E-state index in [9.17, 15) is 9.59 Å². The Bertz CT molecular complexity index is 681. The third-order valence-corrected chi connectivity index (χ3v) is 3.75. The van der Waals surface area contributed by atoms with Gasteiger partial charge in [-0.05, 0) is 48.9 Å². The number of halogens is 1. The largest absolute Gasteiger partial charge is 0.326 e. The molecule has 2 aromatic carbocycles. The van der Waals surface area contributed by atoms with Crippen molar-refractivity contribution in [3.8, 4) is 0 Å². The Morgan fingerprint density at radius 2 is 1.52 bits per heavy atom. The smallest absolute Gasteiger partial charge is 0.255 e. The van der Waals surface area contributed by atoms with E-state index < -0.39 is 0 Å². The molecule has 2 rings (SSSR count). The number of rotatable bonds is 3. The molecule has 0 spiro atoms. The fourth-order valence-corrected chi connectivity index (χ4v) is 2.16. The zero-order valence-corrected chi connectivity index (χ0v) is 13.3. The lowest BCUT2D eigenvalue weighted by atomic mass is 10.1. The molecule has 0 aromatic heterocycles. The Labute approximate surface area is 131 Å². The average Bonchev–Trinajstić information content (AvgIpc) is 2.43. The van der Waals surface area contributed by atoms with Crippen molar-refractivity contribution in [2.24, 2.45) is 0 Å². The summed E-state index contributed by atoms with van der Waals surface area (Å²) in [6, 6.07) is 12.4. The van der Waals surface area contributed by atoms with E-state index in [4.69, 9.17) is 0 Å². The zero-order chi connectivity index (χ0) is 15.4. The molecule has 0 unspecified atom stereocenters. The Morgan fingerprint density at radius 3 is 2.05 bits per heavy atom. The van der Waals surface area contributed by atoms with E-state index in [2.05, 4.69) is 26.6 Å². The highest BCUT2D eigenvalue weighted by molar-refractivity contribution is 9.10. The van der Waals surface area contributed by atoms with Crippen molar-refractivity contribution in [1.29, 1.82) is 0 Å². The molecule has 0 fully saturated rings. The number of carbonyl (C=O) groups is 2. The molecule has 0 aliphatic heterocycles. The third kappa shape index (κ3) is 4.16. The fourth-order valence-electron chi connectivity index (χ4n) is 1.78. The molecule has 2 aromatic rings. The maximum Gasteiger partial charge on any atom is 0.255 e. The Hall–Kier alpha value is -2.14. The van der Waals surface area contributed by atoms with Crippen molar-refractivity contribution in [3.05, 3.63) is 58.1 Å². The van der Waals surface area contributed by atoms with Gasteiger partial charge in [0.15, 0.2) is 0 Å².